The van der Waals surface area contributed by atoms with E-state index >= 15 is 0 Å². The minimum Gasteiger partial charge on any atom is -0.370 e. The van der Waals surface area contributed by atoms with E-state index in [1.165, 1.54) is 51.4 Å². The normalized spacial score (nSPS) is 41.1. The van der Waals surface area contributed by atoms with Gasteiger partial charge >= 0.3 is 0 Å². The Morgan fingerprint density at radius 3 is 2.33 bits per heavy atom. The van der Waals surface area contributed by atoms with Gasteiger partial charge in [-0.3, -0.25) is 0 Å². The van der Waals surface area contributed by atoms with E-state index in [-0.39, 0.29) is 5.60 Å². The van der Waals surface area contributed by atoms with Crippen LogP contribution in [0, 0.1) is 17.8 Å². The summed E-state index contributed by atoms with van der Waals surface area (Å²) in [4.78, 5) is 0. The predicted molar refractivity (Wildman–Crippen MR) is 90.6 cm³/mol. The van der Waals surface area contributed by atoms with Crippen molar-refractivity contribution in [1.82, 2.24) is 5.32 Å². The first-order chi connectivity index (χ1) is 10.0. The fraction of sp³-hybridized carbons (Fsp3) is 1.00. The first-order valence-corrected chi connectivity index (χ1v) is 9.43. The van der Waals surface area contributed by atoms with E-state index < -0.39 is 0 Å². The van der Waals surface area contributed by atoms with Crippen molar-refractivity contribution >= 4 is 0 Å². The Bertz CT molecular complexity index is 296. The molecule has 0 aromatic carbocycles. The summed E-state index contributed by atoms with van der Waals surface area (Å²) < 4.78 is 6.77. The average molecular weight is 296 g/mol. The molecule has 0 radical (unpaired) electrons. The molecule has 0 saturated heterocycles. The lowest BCUT2D eigenvalue weighted by Gasteiger charge is -2.44. The molecule has 2 fully saturated rings. The van der Waals surface area contributed by atoms with Gasteiger partial charge < -0.3 is 10.1 Å². The molecule has 3 atom stereocenters. The first-order valence-electron chi connectivity index (χ1n) is 9.43. The molecule has 1 N–H and O–H groups in total. The van der Waals surface area contributed by atoms with Crippen molar-refractivity contribution in [3.05, 3.63) is 0 Å². The highest BCUT2D eigenvalue weighted by atomic mass is 16.5. The fourth-order valence-electron chi connectivity index (χ4n) is 4.08. The van der Waals surface area contributed by atoms with E-state index in [4.69, 9.17) is 4.74 Å². The van der Waals surface area contributed by atoms with Crippen LogP contribution in [0.1, 0.15) is 79.1 Å². The quantitative estimate of drug-likeness (QED) is 0.712. The lowest BCUT2D eigenvalue weighted by atomic mass is 9.77. The second kappa shape index (κ2) is 7.97. The molecule has 0 amide bonds. The van der Waals surface area contributed by atoms with Gasteiger partial charge in [0.05, 0.1) is 11.7 Å². The Morgan fingerprint density at radius 1 is 1.00 bits per heavy atom. The molecular weight excluding hydrogens is 258 g/mol. The van der Waals surface area contributed by atoms with Crippen molar-refractivity contribution in [3.63, 3.8) is 0 Å². The molecule has 3 unspecified atom stereocenters. The van der Waals surface area contributed by atoms with Gasteiger partial charge in [-0.1, -0.05) is 27.7 Å². The molecule has 2 rings (SSSR count). The van der Waals surface area contributed by atoms with E-state index in [0.717, 1.165) is 30.8 Å². The van der Waals surface area contributed by atoms with E-state index in [9.17, 15) is 0 Å². The molecule has 0 aliphatic heterocycles. The van der Waals surface area contributed by atoms with Crippen LogP contribution in [0.25, 0.3) is 0 Å². The van der Waals surface area contributed by atoms with Crippen LogP contribution in [-0.4, -0.2) is 24.8 Å². The third-order valence-corrected chi connectivity index (χ3v) is 6.03. The van der Waals surface area contributed by atoms with Crippen molar-refractivity contribution < 1.29 is 4.74 Å². The van der Waals surface area contributed by atoms with Crippen LogP contribution < -0.4 is 5.32 Å². The summed E-state index contributed by atoms with van der Waals surface area (Å²) in [7, 11) is 0. The summed E-state index contributed by atoms with van der Waals surface area (Å²) in [6, 6.07) is 0. The lowest BCUT2D eigenvalue weighted by Crippen LogP contribution is -2.49. The van der Waals surface area contributed by atoms with Crippen LogP contribution in [0.2, 0.25) is 0 Å². The molecule has 124 valence electrons. The van der Waals surface area contributed by atoms with Gasteiger partial charge in [-0.25, -0.2) is 0 Å². The minimum atomic E-state index is 0.132. The molecule has 21 heavy (non-hydrogen) atoms. The van der Waals surface area contributed by atoms with Crippen LogP contribution in [0.4, 0.5) is 0 Å². The van der Waals surface area contributed by atoms with Crippen molar-refractivity contribution in [2.45, 2.75) is 90.8 Å². The van der Waals surface area contributed by atoms with E-state index in [1.54, 1.807) is 0 Å². The Hall–Kier alpha value is -0.0800. The maximum atomic E-state index is 6.77. The van der Waals surface area contributed by atoms with E-state index in [0.29, 0.717) is 6.10 Å². The SMILES string of the molecule is CCCNCC1(OC2CCC(C)C(C)C2)CCC(C)CC1. The van der Waals surface area contributed by atoms with Crippen molar-refractivity contribution in [3.8, 4) is 0 Å². The summed E-state index contributed by atoms with van der Waals surface area (Å²) in [6.45, 7) is 11.6. The highest BCUT2D eigenvalue weighted by Gasteiger charge is 2.38. The van der Waals surface area contributed by atoms with Crippen molar-refractivity contribution in [2.24, 2.45) is 17.8 Å². The second-order valence-corrected chi connectivity index (χ2v) is 8.05. The molecule has 0 bridgehead atoms. The molecule has 2 saturated carbocycles. The molecule has 0 spiro atoms. The fourth-order valence-corrected chi connectivity index (χ4v) is 4.08. The summed E-state index contributed by atoms with van der Waals surface area (Å²) >= 11 is 0. The zero-order valence-corrected chi connectivity index (χ0v) is 14.8. The van der Waals surface area contributed by atoms with Crippen LogP contribution in [0.3, 0.4) is 0 Å². The summed E-state index contributed by atoms with van der Waals surface area (Å²) in [5.74, 6) is 2.59. The van der Waals surface area contributed by atoms with E-state index in [2.05, 4.69) is 33.0 Å². The number of hydrogen-bond donors (Lipinski definition) is 1. The predicted octanol–water partition coefficient (Wildman–Crippen LogP) is 4.78. The molecule has 2 nitrogen and oxygen atoms in total. The van der Waals surface area contributed by atoms with Gasteiger partial charge in [0.1, 0.15) is 0 Å². The Kier molecular flexibility index (Phi) is 6.55. The summed E-state index contributed by atoms with van der Waals surface area (Å²) in [5, 5.41) is 3.65. The minimum absolute atomic E-state index is 0.132. The maximum absolute atomic E-state index is 6.77. The van der Waals surface area contributed by atoms with Gasteiger partial charge in [0, 0.05) is 6.54 Å². The van der Waals surface area contributed by atoms with Crippen LogP contribution in [0.5, 0.6) is 0 Å². The highest BCUT2D eigenvalue weighted by molar-refractivity contribution is 4.90. The monoisotopic (exact) mass is 295 g/mol. The van der Waals surface area contributed by atoms with Gasteiger partial charge in [0.2, 0.25) is 0 Å². The van der Waals surface area contributed by atoms with E-state index in [1.807, 2.05) is 0 Å². The molecule has 0 aromatic heterocycles. The number of rotatable bonds is 6. The Labute approximate surface area is 132 Å². The molecule has 2 aliphatic rings. The smallest absolute Gasteiger partial charge is 0.0810 e. The third-order valence-electron chi connectivity index (χ3n) is 6.03. The van der Waals surface area contributed by atoms with Gasteiger partial charge in [-0.15, -0.1) is 0 Å². The van der Waals surface area contributed by atoms with Gasteiger partial charge in [-0.2, -0.15) is 0 Å². The molecule has 0 aromatic rings. The zero-order chi connectivity index (χ0) is 15.3. The zero-order valence-electron chi connectivity index (χ0n) is 14.8. The Balaban J connectivity index is 1.92. The molecule has 0 heterocycles. The molecule has 2 aliphatic carbocycles. The van der Waals surface area contributed by atoms with Crippen LogP contribution >= 0.6 is 0 Å². The van der Waals surface area contributed by atoms with Gasteiger partial charge in [0.15, 0.2) is 0 Å². The average Bonchev–Trinajstić information content (AvgIpc) is 2.47. The number of hydrogen-bond acceptors (Lipinski definition) is 2. The third kappa shape index (κ3) is 4.96. The maximum Gasteiger partial charge on any atom is 0.0810 e. The lowest BCUT2D eigenvalue weighted by molar-refractivity contribution is -0.134. The standard InChI is InChI=1S/C19H37NO/c1-5-12-20-14-19(10-8-15(2)9-11-19)21-18-7-6-16(3)17(4)13-18/h15-18,20H,5-14H2,1-4H3. The second-order valence-electron chi connectivity index (χ2n) is 8.05. The topological polar surface area (TPSA) is 21.3 Å². The van der Waals surface area contributed by atoms with Crippen LogP contribution in [0.15, 0.2) is 0 Å². The van der Waals surface area contributed by atoms with Crippen molar-refractivity contribution in [2.75, 3.05) is 13.1 Å². The van der Waals surface area contributed by atoms with Crippen molar-refractivity contribution in [1.29, 1.82) is 0 Å². The summed E-state index contributed by atoms with van der Waals surface area (Å²) in [5.41, 5.74) is 0.132. The van der Waals surface area contributed by atoms with Gasteiger partial charge in [0.25, 0.3) is 0 Å². The number of ether oxygens (including phenoxy) is 1. The first kappa shape index (κ1) is 17.3. The largest absolute Gasteiger partial charge is 0.370 e. The molecule has 2 heteroatoms. The number of nitrogens with one attached hydrogen (secondary N) is 1. The molecular formula is C19H37NO. The summed E-state index contributed by atoms with van der Waals surface area (Å²) in [6.07, 6.45) is 10.8. The highest BCUT2D eigenvalue weighted by Crippen LogP contribution is 2.39. The Morgan fingerprint density at radius 2 is 1.71 bits per heavy atom. The van der Waals surface area contributed by atoms with Gasteiger partial charge in [-0.05, 0) is 75.7 Å². The van der Waals surface area contributed by atoms with Crippen LogP contribution in [-0.2, 0) is 4.74 Å².